The topological polar surface area (TPSA) is 45.1 Å². The molecule has 0 spiro atoms. The Morgan fingerprint density at radius 2 is 2.29 bits per heavy atom. The van der Waals surface area contributed by atoms with Crippen molar-refractivity contribution in [2.75, 3.05) is 11.9 Å². The van der Waals surface area contributed by atoms with E-state index in [-0.39, 0.29) is 0 Å². The minimum Gasteiger partial charge on any atom is -0.388 e. The molecule has 0 amide bonds. The maximum atomic E-state index is 10.0. The first-order chi connectivity index (χ1) is 6.68. The van der Waals surface area contributed by atoms with Crippen LogP contribution in [0.1, 0.15) is 25.7 Å². The normalized spacial score (nSPS) is 19.9. The van der Waals surface area contributed by atoms with E-state index in [0.717, 1.165) is 30.8 Å². The summed E-state index contributed by atoms with van der Waals surface area (Å²) in [5.41, 5.74) is -0.530. The molecule has 0 unspecified atom stereocenters. The fourth-order valence-corrected chi connectivity index (χ4v) is 2.62. The highest BCUT2D eigenvalue weighted by Gasteiger charge is 2.30. The van der Waals surface area contributed by atoms with E-state index in [1.807, 2.05) is 0 Å². The Labute approximate surface area is 92.1 Å². The molecule has 5 heteroatoms. The van der Waals surface area contributed by atoms with Gasteiger partial charge in [-0.1, -0.05) is 24.4 Å². The van der Waals surface area contributed by atoms with Gasteiger partial charge in [-0.05, 0) is 12.8 Å². The Hall–Kier alpha value is -0.320. The largest absolute Gasteiger partial charge is 0.388 e. The van der Waals surface area contributed by atoms with Gasteiger partial charge in [-0.3, -0.25) is 0 Å². The van der Waals surface area contributed by atoms with Gasteiger partial charge in [0.1, 0.15) is 5.15 Å². The van der Waals surface area contributed by atoms with Crippen LogP contribution in [0, 0.1) is 0 Å². The maximum Gasteiger partial charge on any atom is 0.184 e. The van der Waals surface area contributed by atoms with Crippen LogP contribution in [0.5, 0.6) is 0 Å². The smallest absolute Gasteiger partial charge is 0.184 e. The Kier molecular flexibility index (Phi) is 2.95. The number of aromatic nitrogens is 1. The summed E-state index contributed by atoms with van der Waals surface area (Å²) in [7, 11) is 0. The summed E-state index contributed by atoms with van der Waals surface area (Å²) < 4.78 is 0. The molecule has 2 rings (SSSR count). The summed E-state index contributed by atoms with van der Waals surface area (Å²) in [4.78, 5) is 4.06. The number of hydrogen-bond acceptors (Lipinski definition) is 4. The molecule has 78 valence electrons. The van der Waals surface area contributed by atoms with Gasteiger partial charge in [0.2, 0.25) is 0 Å². The highest BCUT2D eigenvalue weighted by molar-refractivity contribution is 7.14. The van der Waals surface area contributed by atoms with Crippen molar-refractivity contribution in [3.05, 3.63) is 10.5 Å². The van der Waals surface area contributed by atoms with E-state index in [4.69, 9.17) is 11.6 Å². The van der Waals surface area contributed by atoms with Crippen LogP contribution in [0.3, 0.4) is 0 Å². The number of anilines is 1. The fraction of sp³-hybridized carbons (Fsp3) is 0.667. The van der Waals surface area contributed by atoms with Crippen LogP contribution >= 0.6 is 22.9 Å². The van der Waals surface area contributed by atoms with Gasteiger partial charge >= 0.3 is 0 Å². The van der Waals surface area contributed by atoms with Crippen molar-refractivity contribution in [2.24, 2.45) is 0 Å². The van der Waals surface area contributed by atoms with E-state index in [1.165, 1.54) is 11.3 Å². The Bertz CT molecular complexity index is 310. The Balaban J connectivity index is 1.87. The molecule has 1 fully saturated rings. The first-order valence-electron chi connectivity index (χ1n) is 4.75. The summed E-state index contributed by atoms with van der Waals surface area (Å²) in [5.74, 6) is 0. The SMILES string of the molecule is OC1(CNc2nc(Cl)cs2)CCCC1. The minimum absolute atomic E-state index is 0.510. The molecule has 0 atom stereocenters. The summed E-state index contributed by atoms with van der Waals surface area (Å²) in [5, 5.41) is 16.2. The molecule has 0 radical (unpaired) electrons. The zero-order valence-electron chi connectivity index (χ0n) is 7.79. The van der Waals surface area contributed by atoms with Gasteiger partial charge in [0, 0.05) is 11.9 Å². The molecule has 1 aromatic rings. The van der Waals surface area contributed by atoms with Crippen LogP contribution < -0.4 is 5.32 Å². The second-order valence-electron chi connectivity index (χ2n) is 3.76. The third-order valence-corrected chi connectivity index (χ3v) is 3.70. The lowest BCUT2D eigenvalue weighted by molar-refractivity contribution is 0.0615. The number of nitrogens with one attached hydrogen (secondary N) is 1. The summed E-state index contributed by atoms with van der Waals surface area (Å²) in [6, 6.07) is 0. The first kappa shape index (κ1) is 10.2. The minimum atomic E-state index is -0.530. The van der Waals surface area contributed by atoms with Crippen LogP contribution in [0.2, 0.25) is 5.15 Å². The number of thiazole rings is 1. The second-order valence-corrected chi connectivity index (χ2v) is 5.01. The predicted molar refractivity (Wildman–Crippen MR) is 59.0 cm³/mol. The van der Waals surface area contributed by atoms with Gasteiger partial charge in [-0.15, -0.1) is 11.3 Å². The molecule has 1 aliphatic rings. The predicted octanol–water partition coefficient (Wildman–Crippen LogP) is 2.51. The van der Waals surface area contributed by atoms with Gasteiger partial charge in [0.15, 0.2) is 5.13 Å². The second kappa shape index (κ2) is 4.04. The molecular weight excluding hydrogens is 220 g/mol. The third kappa shape index (κ3) is 2.38. The molecule has 1 saturated carbocycles. The quantitative estimate of drug-likeness (QED) is 0.842. The molecule has 1 aromatic heterocycles. The lowest BCUT2D eigenvalue weighted by Crippen LogP contribution is -2.33. The molecule has 0 aromatic carbocycles. The van der Waals surface area contributed by atoms with Crippen molar-refractivity contribution < 1.29 is 5.11 Å². The zero-order chi connectivity index (χ0) is 10.0. The van der Waals surface area contributed by atoms with Crippen LogP contribution in [-0.4, -0.2) is 22.2 Å². The summed E-state index contributed by atoms with van der Waals surface area (Å²) in [6.45, 7) is 0.580. The van der Waals surface area contributed by atoms with Gasteiger partial charge in [-0.2, -0.15) is 0 Å². The van der Waals surface area contributed by atoms with Crippen molar-refractivity contribution in [2.45, 2.75) is 31.3 Å². The van der Waals surface area contributed by atoms with Crippen LogP contribution in [0.4, 0.5) is 5.13 Å². The van der Waals surface area contributed by atoms with Gasteiger partial charge in [-0.25, -0.2) is 4.98 Å². The van der Waals surface area contributed by atoms with Crippen molar-refractivity contribution >= 4 is 28.1 Å². The molecule has 2 N–H and O–H groups in total. The summed E-state index contributed by atoms with van der Waals surface area (Å²) >= 11 is 7.15. The first-order valence-corrected chi connectivity index (χ1v) is 6.01. The Morgan fingerprint density at radius 3 is 2.86 bits per heavy atom. The number of rotatable bonds is 3. The average molecular weight is 233 g/mol. The van der Waals surface area contributed by atoms with E-state index in [1.54, 1.807) is 5.38 Å². The fourth-order valence-electron chi connectivity index (χ4n) is 1.79. The number of aliphatic hydroxyl groups is 1. The van der Waals surface area contributed by atoms with Gasteiger partial charge in [0.25, 0.3) is 0 Å². The van der Waals surface area contributed by atoms with E-state index in [9.17, 15) is 5.11 Å². The summed E-state index contributed by atoms with van der Waals surface area (Å²) in [6.07, 6.45) is 4.02. The molecule has 0 aliphatic heterocycles. The molecular formula is C9H13ClN2OS. The number of halogens is 1. The Morgan fingerprint density at radius 1 is 1.57 bits per heavy atom. The molecule has 0 bridgehead atoms. The van der Waals surface area contributed by atoms with E-state index in [0.29, 0.717) is 11.7 Å². The zero-order valence-corrected chi connectivity index (χ0v) is 9.37. The van der Waals surface area contributed by atoms with E-state index < -0.39 is 5.60 Å². The maximum absolute atomic E-state index is 10.0. The number of hydrogen-bond donors (Lipinski definition) is 2. The molecule has 14 heavy (non-hydrogen) atoms. The van der Waals surface area contributed by atoms with E-state index in [2.05, 4.69) is 10.3 Å². The average Bonchev–Trinajstić information content (AvgIpc) is 2.73. The van der Waals surface area contributed by atoms with Crippen LogP contribution in [0.25, 0.3) is 0 Å². The molecule has 0 saturated heterocycles. The van der Waals surface area contributed by atoms with Gasteiger partial charge in [0.05, 0.1) is 5.60 Å². The van der Waals surface area contributed by atoms with Crippen molar-refractivity contribution in [1.82, 2.24) is 4.98 Å². The highest BCUT2D eigenvalue weighted by atomic mass is 35.5. The molecule has 1 aliphatic carbocycles. The number of nitrogens with zero attached hydrogens (tertiary/aromatic N) is 1. The molecule has 1 heterocycles. The lowest BCUT2D eigenvalue weighted by Gasteiger charge is -2.21. The lowest BCUT2D eigenvalue weighted by atomic mass is 10.0. The van der Waals surface area contributed by atoms with E-state index >= 15 is 0 Å². The van der Waals surface area contributed by atoms with Crippen molar-refractivity contribution in [1.29, 1.82) is 0 Å². The molecule has 3 nitrogen and oxygen atoms in total. The standard InChI is InChI=1S/C9H13ClN2OS/c10-7-5-14-8(12-7)11-6-9(13)3-1-2-4-9/h5,13H,1-4,6H2,(H,11,12). The van der Waals surface area contributed by atoms with Gasteiger partial charge < -0.3 is 10.4 Å². The highest BCUT2D eigenvalue weighted by Crippen LogP contribution is 2.30. The van der Waals surface area contributed by atoms with Crippen molar-refractivity contribution in [3.8, 4) is 0 Å². The van der Waals surface area contributed by atoms with Crippen LogP contribution in [-0.2, 0) is 0 Å². The monoisotopic (exact) mass is 232 g/mol. The van der Waals surface area contributed by atoms with Crippen LogP contribution in [0.15, 0.2) is 5.38 Å². The third-order valence-electron chi connectivity index (χ3n) is 2.58. The van der Waals surface area contributed by atoms with Crippen molar-refractivity contribution in [3.63, 3.8) is 0 Å².